The van der Waals surface area contributed by atoms with Crippen LogP contribution in [0.3, 0.4) is 0 Å². The average Bonchev–Trinajstić information content (AvgIpc) is 3.61. The fourth-order valence-electron chi connectivity index (χ4n) is 9.36. The molecule has 0 amide bonds. The Morgan fingerprint density at radius 2 is 0.625 bits per heavy atom. The molecule has 2 aliphatic carbocycles. The molecule has 3 heteroatoms. The van der Waals surface area contributed by atoms with E-state index >= 15 is 0 Å². The lowest BCUT2D eigenvalue weighted by atomic mass is 9.80. The summed E-state index contributed by atoms with van der Waals surface area (Å²) in [4.78, 5) is 15.5. The number of aromatic nitrogens is 3. The van der Waals surface area contributed by atoms with E-state index in [0.29, 0.717) is 17.5 Å². The van der Waals surface area contributed by atoms with Gasteiger partial charge in [0.2, 0.25) is 0 Å². The zero-order valence-corrected chi connectivity index (χ0v) is 31.9. The number of benzene rings is 8. The maximum Gasteiger partial charge on any atom is 0.164 e. The highest BCUT2D eigenvalue weighted by atomic mass is 15.0. The monoisotopic (exact) mass is 717 g/mol. The van der Waals surface area contributed by atoms with Gasteiger partial charge in [-0.3, -0.25) is 0 Å². The zero-order valence-electron chi connectivity index (χ0n) is 31.9. The van der Waals surface area contributed by atoms with E-state index in [-0.39, 0.29) is 10.8 Å². The Morgan fingerprint density at radius 3 is 1.12 bits per heavy atom. The van der Waals surface area contributed by atoms with Crippen molar-refractivity contribution in [3.05, 3.63) is 186 Å². The van der Waals surface area contributed by atoms with Crippen molar-refractivity contribution in [3.8, 4) is 67.5 Å². The van der Waals surface area contributed by atoms with E-state index < -0.39 is 0 Å². The second kappa shape index (κ2) is 11.9. The number of nitrogens with zero attached hydrogens (tertiary/aromatic N) is 3. The molecule has 0 saturated carbocycles. The number of hydrogen-bond donors (Lipinski definition) is 0. The standard InChI is InChI=1S/C53H39N3/c1-52(2)45-16-10-9-15-41(45)42-24-21-36(29-46(42)52)37-22-25-43-44-26-23-40(31-48(44)53(3,4)47(43)30-37)51-55-49(38-19-17-32-11-5-7-13-34(32)27-38)54-50(56-51)39-20-18-33-12-6-8-14-35(33)28-39/h5-31H,1-4H3. The van der Waals surface area contributed by atoms with Gasteiger partial charge < -0.3 is 0 Å². The molecule has 0 atom stereocenters. The quantitative estimate of drug-likeness (QED) is 0.182. The Morgan fingerprint density at radius 1 is 0.286 bits per heavy atom. The Bertz CT molecular complexity index is 3000. The highest BCUT2D eigenvalue weighted by Crippen LogP contribution is 2.52. The van der Waals surface area contributed by atoms with Crippen LogP contribution in [0.2, 0.25) is 0 Å². The second-order valence-electron chi connectivity index (χ2n) is 16.5. The van der Waals surface area contributed by atoms with Crippen LogP contribution in [0.25, 0.3) is 89.1 Å². The van der Waals surface area contributed by atoms with Crippen molar-refractivity contribution in [1.29, 1.82) is 0 Å². The predicted octanol–water partition coefficient (Wildman–Crippen LogP) is 13.5. The third-order valence-electron chi connectivity index (χ3n) is 12.5. The van der Waals surface area contributed by atoms with Crippen LogP contribution in [0.4, 0.5) is 0 Å². The zero-order chi connectivity index (χ0) is 37.8. The smallest absolute Gasteiger partial charge is 0.164 e. The molecular weight excluding hydrogens is 679 g/mol. The van der Waals surface area contributed by atoms with Crippen molar-refractivity contribution in [1.82, 2.24) is 15.0 Å². The van der Waals surface area contributed by atoms with Gasteiger partial charge in [-0.25, -0.2) is 15.0 Å². The fourth-order valence-corrected chi connectivity index (χ4v) is 9.36. The molecule has 0 aliphatic heterocycles. The lowest BCUT2D eigenvalue weighted by Crippen LogP contribution is -2.15. The lowest BCUT2D eigenvalue weighted by Gasteiger charge is -2.23. The predicted molar refractivity (Wildman–Crippen MR) is 232 cm³/mol. The van der Waals surface area contributed by atoms with Gasteiger partial charge in [-0.05, 0) is 108 Å². The Balaban J connectivity index is 1.01. The lowest BCUT2D eigenvalue weighted by molar-refractivity contribution is 0.659. The molecule has 9 aromatic rings. The van der Waals surface area contributed by atoms with Crippen LogP contribution in [-0.2, 0) is 10.8 Å². The van der Waals surface area contributed by atoms with Crippen molar-refractivity contribution >= 4 is 21.5 Å². The van der Waals surface area contributed by atoms with E-state index in [1.165, 1.54) is 66.4 Å². The SMILES string of the molecule is CC1(C)c2ccccc2-c2ccc(-c3ccc4c(c3)C(C)(C)c3cc(-c5nc(-c6ccc7ccccc7c6)nc(-c6ccc7ccccc7c6)n5)ccc3-4)cc21. The Kier molecular flexibility index (Phi) is 6.94. The van der Waals surface area contributed by atoms with E-state index in [4.69, 9.17) is 15.0 Å². The maximum atomic E-state index is 5.18. The summed E-state index contributed by atoms with van der Waals surface area (Å²) in [5.74, 6) is 2.00. The highest BCUT2D eigenvalue weighted by Gasteiger charge is 2.37. The molecule has 3 nitrogen and oxygen atoms in total. The van der Waals surface area contributed by atoms with Gasteiger partial charge in [0.15, 0.2) is 17.5 Å². The van der Waals surface area contributed by atoms with E-state index in [1.807, 2.05) is 0 Å². The largest absolute Gasteiger partial charge is 0.208 e. The van der Waals surface area contributed by atoms with Gasteiger partial charge in [0, 0.05) is 27.5 Å². The molecule has 0 fully saturated rings. The summed E-state index contributed by atoms with van der Waals surface area (Å²) >= 11 is 0. The highest BCUT2D eigenvalue weighted by molar-refractivity contribution is 5.90. The summed E-state index contributed by atoms with van der Waals surface area (Å²) < 4.78 is 0. The summed E-state index contributed by atoms with van der Waals surface area (Å²) in [5, 5.41) is 4.69. The Hall–Kier alpha value is -6.71. The van der Waals surface area contributed by atoms with Gasteiger partial charge in [0.25, 0.3) is 0 Å². The Labute approximate surface area is 327 Å². The molecule has 266 valence electrons. The van der Waals surface area contributed by atoms with Crippen LogP contribution < -0.4 is 0 Å². The summed E-state index contributed by atoms with van der Waals surface area (Å²) in [5.41, 5.74) is 15.8. The molecule has 0 radical (unpaired) electrons. The van der Waals surface area contributed by atoms with Crippen LogP contribution in [0.5, 0.6) is 0 Å². The topological polar surface area (TPSA) is 38.7 Å². The minimum absolute atomic E-state index is 0.0398. The van der Waals surface area contributed by atoms with E-state index in [1.54, 1.807) is 0 Å². The molecule has 0 spiro atoms. The molecule has 1 aromatic heterocycles. The first-order valence-electron chi connectivity index (χ1n) is 19.5. The maximum absolute atomic E-state index is 5.18. The van der Waals surface area contributed by atoms with Crippen molar-refractivity contribution in [2.24, 2.45) is 0 Å². The van der Waals surface area contributed by atoms with Gasteiger partial charge in [0.1, 0.15) is 0 Å². The van der Waals surface area contributed by atoms with Gasteiger partial charge in [-0.1, -0.05) is 161 Å². The average molecular weight is 718 g/mol. The molecule has 0 unspecified atom stereocenters. The first-order chi connectivity index (χ1) is 27.2. The van der Waals surface area contributed by atoms with Crippen molar-refractivity contribution < 1.29 is 0 Å². The number of rotatable bonds is 4. The van der Waals surface area contributed by atoms with Crippen LogP contribution in [0.1, 0.15) is 49.9 Å². The minimum Gasteiger partial charge on any atom is -0.208 e. The van der Waals surface area contributed by atoms with E-state index in [2.05, 4.69) is 191 Å². The summed E-state index contributed by atoms with van der Waals surface area (Å²) in [6, 6.07) is 59.4. The normalized spacial score (nSPS) is 14.4. The fraction of sp³-hybridized carbons (Fsp3) is 0.113. The summed E-state index contributed by atoms with van der Waals surface area (Å²) in [6.07, 6.45) is 0. The first kappa shape index (κ1) is 32.7. The molecule has 1 heterocycles. The molecule has 8 aromatic carbocycles. The van der Waals surface area contributed by atoms with Crippen LogP contribution in [-0.4, -0.2) is 15.0 Å². The van der Waals surface area contributed by atoms with E-state index in [0.717, 1.165) is 27.5 Å². The first-order valence-corrected chi connectivity index (χ1v) is 19.5. The van der Waals surface area contributed by atoms with Crippen LogP contribution in [0.15, 0.2) is 164 Å². The molecule has 0 saturated heterocycles. The molecular formula is C53H39N3. The van der Waals surface area contributed by atoms with Gasteiger partial charge >= 0.3 is 0 Å². The molecule has 2 aliphatic rings. The van der Waals surface area contributed by atoms with Gasteiger partial charge in [0.05, 0.1) is 0 Å². The third-order valence-corrected chi connectivity index (χ3v) is 12.5. The summed E-state index contributed by atoms with van der Waals surface area (Å²) in [7, 11) is 0. The van der Waals surface area contributed by atoms with Crippen molar-refractivity contribution in [2.75, 3.05) is 0 Å². The summed E-state index contributed by atoms with van der Waals surface area (Å²) in [6.45, 7) is 9.40. The third kappa shape index (κ3) is 4.94. The molecule has 56 heavy (non-hydrogen) atoms. The van der Waals surface area contributed by atoms with Crippen LogP contribution in [0, 0.1) is 0 Å². The second-order valence-corrected chi connectivity index (χ2v) is 16.5. The van der Waals surface area contributed by atoms with Gasteiger partial charge in [-0.2, -0.15) is 0 Å². The molecule has 0 N–H and O–H groups in total. The van der Waals surface area contributed by atoms with Crippen molar-refractivity contribution in [3.63, 3.8) is 0 Å². The van der Waals surface area contributed by atoms with Crippen LogP contribution >= 0.6 is 0 Å². The number of fused-ring (bicyclic) bond motifs is 8. The number of hydrogen-bond acceptors (Lipinski definition) is 3. The van der Waals surface area contributed by atoms with E-state index in [9.17, 15) is 0 Å². The molecule has 11 rings (SSSR count). The van der Waals surface area contributed by atoms with Gasteiger partial charge in [-0.15, -0.1) is 0 Å². The molecule has 0 bridgehead atoms. The minimum atomic E-state index is -0.224. The van der Waals surface area contributed by atoms with Crippen molar-refractivity contribution in [2.45, 2.75) is 38.5 Å².